The van der Waals surface area contributed by atoms with Gasteiger partial charge in [-0.25, -0.2) is 0 Å². The zero-order valence-electron chi connectivity index (χ0n) is 14.3. The molecule has 0 fully saturated rings. The average Bonchev–Trinajstić information content (AvgIpc) is 3.09. The lowest BCUT2D eigenvalue weighted by molar-refractivity contribution is -0.394. The Morgan fingerprint density at radius 2 is 1.63 bits per heavy atom. The minimum absolute atomic E-state index is 0.289. The maximum Gasteiger partial charge on any atom is 0.277 e. The number of nitro benzene ring substituents is 2. The maximum absolute atomic E-state index is 11.1. The summed E-state index contributed by atoms with van der Waals surface area (Å²) in [5.41, 5.74) is 0.698. The molecule has 3 rings (SSSR count). The Hall–Kier alpha value is -3.27. The molecule has 27 heavy (non-hydrogen) atoms. The second-order valence-electron chi connectivity index (χ2n) is 5.58. The minimum Gasteiger partial charge on any atom is -0.302 e. The summed E-state index contributed by atoms with van der Waals surface area (Å²) in [5, 5.41) is 31.2. The van der Waals surface area contributed by atoms with Crippen molar-refractivity contribution < 1.29 is 9.85 Å². The molecular formula is C17H15N5O4S. The van der Waals surface area contributed by atoms with Crippen molar-refractivity contribution in [2.45, 2.75) is 24.4 Å². The minimum atomic E-state index is -0.659. The monoisotopic (exact) mass is 385 g/mol. The van der Waals surface area contributed by atoms with Gasteiger partial charge in [0.05, 0.1) is 15.9 Å². The van der Waals surface area contributed by atoms with E-state index < -0.39 is 9.85 Å². The fourth-order valence-electron chi connectivity index (χ4n) is 2.55. The van der Waals surface area contributed by atoms with Crippen LogP contribution >= 0.6 is 11.8 Å². The van der Waals surface area contributed by atoms with Gasteiger partial charge >= 0.3 is 0 Å². The molecular weight excluding hydrogens is 370 g/mol. The molecule has 0 amide bonds. The highest BCUT2D eigenvalue weighted by molar-refractivity contribution is 7.98. The first-order chi connectivity index (χ1) is 13.0. The molecule has 0 saturated heterocycles. The van der Waals surface area contributed by atoms with E-state index in [4.69, 9.17) is 0 Å². The van der Waals surface area contributed by atoms with Gasteiger partial charge in [-0.3, -0.25) is 20.2 Å². The van der Waals surface area contributed by atoms with Gasteiger partial charge in [0.1, 0.15) is 0 Å². The summed E-state index contributed by atoms with van der Waals surface area (Å²) in [6.07, 6.45) is 0. The lowest BCUT2D eigenvalue weighted by Crippen LogP contribution is -2.01. The van der Waals surface area contributed by atoms with Gasteiger partial charge in [0.2, 0.25) is 0 Å². The zero-order valence-corrected chi connectivity index (χ0v) is 15.1. The number of non-ortho nitro benzene ring substituents is 2. The number of hydrogen-bond acceptors (Lipinski definition) is 7. The number of nitro groups is 2. The van der Waals surface area contributed by atoms with Crippen molar-refractivity contribution in [3.8, 4) is 11.4 Å². The molecule has 0 unspecified atom stereocenters. The van der Waals surface area contributed by atoms with Gasteiger partial charge in [-0.2, -0.15) is 0 Å². The number of thioether (sulfide) groups is 1. The Balaban J connectivity index is 1.96. The number of benzene rings is 2. The van der Waals surface area contributed by atoms with Gasteiger partial charge in [0.15, 0.2) is 11.0 Å². The van der Waals surface area contributed by atoms with Crippen molar-refractivity contribution in [1.82, 2.24) is 14.8 Å². The topological polar surface area (TPSA) is 117 Å². The van der Waals surface area contributed by atoms with Crippen molar-refractivity contribution >= 4 is 23.1 Å². The summed E-state index contributed by atoms with van der Waals surface area (Å²) < 4.78 is 1.79. The molecule has 0 spiro atoms. The van der Waals surface area contributed by atoms with Crippen molar-refractivity contribution in [2.75, 3.05) is 0 Å². The van der Waals surface area contributed by atoms with Crippen molar-refractivity contribution in [1.29, 1.82) is 0 Å². The van der Waals surface area contributed by atoms with E-state index in [0.29, 0.717) is 23.3 Å². The Kier molecular flexibility index (Phi) is 5.46. The molecule has 3 aromatic rings. The summed E-state index contributed by atoms with van der Waals surface area (Å²) in [5.74, 6) is 1.05. The summed E-state index contributed by atoms with van der Waals surface area (Å²) >= 11 is 1.48. The van der Waals surface area contributed by atoms with E-state index in [0.717, 1.165) is 11.6 Å². The Morgan fingerprint density at radius 1 is 1.00 bits per heavy atom. The first-order valence-corrected chi connectivity index (χ1v) is 9.02. The quantitative estimate of drug-likeness (QED) is 0.342. The third kappa shape index (κ3) is 4.11. The van der Waals surface area contributed by atoms with Crippen molar-refractivity contribution in [3.05, 3.63) is 74.3 Å². The van der Waals surface area contributed by atoms with Gasteiger partial charge in [0, 0.05) is 30.0 Å². The molecule has 0 bridgehead atoms. The van der Waals surface area contributed by atoms with Crippen molar-refractivity contribution in [3.63, 3.8) is 0 Å². The smallest absolute Gasteiger partial charge is 0.277 e. The van der Waals surface area contributed by atoms with E-state index in [1.54, 1.807) is 4.57 Å². The van der Waals surface area contributed by atoms with E-state index >= 15 is 0 Å². The highest BCUT2D eigenvalue weighted by Crippen LogP contribution is 2.31. The highest BCUT2D eigenvalue weighted by Gasteiger charge is 2.21. The van der Waals surface area contributed by atoms with E-state index in [-0.39, 0.29) is 16.9 Å². The molecule has 0 saturated carbocycles. The Morgan fingerprint density at radius 3 is 2.19 bits per heavy atom. The fraction of sp³-hybridized carbons (Fsp3) is 0.176. The first-order valence-electron chi connectivity index (χ1n) is 8.03. The SMILES string of the molecule is CCn1c(SCc2ccccc2)nnc1-c1cc([N+](=O)[O-])cc([N+](=O)[O-])c1. The van der Waals surface area contributed by atoms with Crippen LogP contribution in [0.5, 0.6) is 0 Å². The predicted molar refractivity (Wildman–Crippen MR) is 100 cm³/mol. The standard InChI is InChI=1S/C17H15N5O4S/c1-2-20-16(13-8-14(21(23)24)10-15(9-13)22(25)26)18-19-17(20)27-11-12-6-4-3-5-7-12/h3-10H,2,11H2,1H3. The molecule has 9 nitrogen and oxygen atoms in total. The van der Waals surface area contributed by atoms with Gasteiger partial charge in [0.25, 0.3) is 11.4 Å². The molecule has 1 aromatic heterocycles. The van der Waals surface area contributed by atoms with Crippen LogP contribution in [0, 0.1) is 20.2 Å². The molecule has 0 atom stereocenters. The lowest BCUT2D eigenvalue weighted by atomic mass is 10.1. The number of nitrogens with zero attached hydrogens (tertiary/aromatic N) is 5. The second-order valence-corrected chi connectivity index (χ2v) is 6.52. The van der Waals surface area contributed by atoms with E-state index in [9.17, 15) is 20.2 Å². The summed E-state index contributed by atoms with van der Waals surface area (Å²) in [6.45, 7) is 2.42. The van der Waals surface area contributed by atoms with Gasteiger partial charge < -0.3 is 4.57 Å². The lowest BCUT2D eigenvalue weighted by Gasteiger charge is -2.07. The van der Waals surface area contributed by atoms with Gasteiger partial charge in [-0.1, -0.05) is 42.1 Å². The summed E-state index contributed by atoms with van der Waals surface area (Å²) in [4.78, 5) is 20.9. The van der Waals surface area contributed by atoms with Crippen LogP contribution < -0.4 is 0 Å². The van der Waals surface area contributed by atoms with Crippen LogP contribution in [-0.4, -0.2) is 24.6 Å². The van der Waals surface area contributed by atoms with Crippen LogP contribution in [0.3, 0.4) is 0 Å². The summed E-state index contributed by atoms with van der Waals surface area (Å²) in [6, 6.07) is 13.3. The number of rotatable bonds is 7. The molecule has 10 heteroatoms. The third-order valence-corrected chi connectivity index (χ3v) is 4.86. The molecule has 0 N–H and O–H groups in total. The Labute approximate surface area is 158 Å². The van der Waals surface area contributed by atoms with Crippen molar-refractivity contribution in [2.24, 2.45) is 0 Å². The van der Waals surface area contributed by atoms with Gasteiger partial charge in [-0.15, -0.1) is 10.2 Å². The van der Waals surface area contributed by atoms with E-state index in [1.165, 1.54) is 23.9 Å². The molecule has 0 radical (unpaired) electrons. The van der Waals surface area contributed by atoms with Crippen LogP contribution in [-0.2, 0) is 12.3 Å². The molecule has 2 aromatic carbocycles. The van der Waals surface area contributed by atoms with Crippen LogP contribution in [0.4, 0.5) is 11.4 Å². The second kappa shape index (κ2) is 7.96. The molecule has 0 aliphatic heterocycles. The van der Waals surface area contributed by atoms with Crippen LogP contribution in [0.1, 0.15) is 12.5 Å². The number of aromatic nitrogens is 3. The number of hydrogen-bond donors (Lipinski definition) is 0. The normalized spacial score (nSPS) is 10.7. The van der Waals surface area contributed by atoms with Gasteiger partial charge in [-0.05, 0) is 12.5 Å². The molecule has 1 heterocycles. The predicted octanol–water partition coefficient (Wildman–Crippen LogP) is 4.07. The molecule has 0 aliphatic carbocycles. The molecule has 0 aliphatic rings. The summed E-state index contributed by atoms with van der Waals surface area (Å²) in [7, 11) is 0. The maximum atomic E-state index is 11.1. The zero-order chi connectivity index (χ0) is 19.4. The van der Waals surface area contributed by atoms with E-state index in [1.807, 2.05) is 37.3 Å². The van der Waals surface area contributed by atoms with E-state index in [2.05, 4.69) is 10.2 Å². The average molecular weight is 385 g/mol. The third-order valence-electron chi connectivity index (χ3n) is 3.83. The highest BCUT2D eigenvalue weighted by atomic mass is 32.2. The fourth-order valence-corrected chi connectivity index (χ4v) is 3.51. The first kappa shape index (κ1) is 18.5. The van der Waals surface area contributed by atoms with Crippen LogP contribution in [0.15, 0.2) is 53.7 Å². The Bertz CT molecular complexity index is 958. The van der Waals surface area contributed by atoms with Crippen LogP contribution in [0.25, 0.3) is 11.4 Å². The largest absolute Gasteiger partial charge is 0.302 e. The molecule has 138 valence electrons. The van der Waals surface area contributed by atoms with Crippen LogP contribution in [0.2, 0.25) is 0 Å².